The molecule has 0 bridgehead atoms. The summed E-state index contributed by atoms with van der Waals surface area (Å²) in [6.45, 7) is 2.45. The molecule has 1 aromatic rings. The number of oxime groups is 1. The van der Waals surface area contributed by atoms with Gasteiger partial charge in [-0.15, -0.1) is 0 Å². The van der Waals surface area contributed by atoms with E-state index in [4.69, 9.17) is 9.84 Å². The highest BCUT2D eigenvalue weighted by atomic mass is 16.6. The largest absolute Gasteiger partial charge is 0.493 e. The number of carboxylic acid groups (broad SMARTS) is 1. The van der Waals surface area contributed by atoms with Crippen LogP contribution in [0.4, 0.5) is 0 Å². The third kappa shape index (κ3) is 3.79. The Balaban J connectivity index is 2.99. The van der Waals surface area contributed by atoms with Crippen LogP contribution in [0.3, 0.4) is 0 Å². The Morgan fingerprint density at radius 1 is 1.53 bits per heavy atom. The van der Waals surface area contributed by atoms with E-state index >= 15 is 0 Å². The number of benzene rings is 1. The van der Waals surface area contributed by atoms with Crippen molar-refractivity contribution in [2.75, 3.05) is 13.7 Å². The summed E-state index contributed by atoms with van der Waals surface area (Å²) in [6.07, 6.45) is 2.27. The van der Waals surface area contributed by atoms with E-state index in [2.05, 4.69) is 9.99 Å². The number of carboxylic acids is 1. The first-order valence-corrected chi connectivity index (χ1v) is 5.25. The first-order valence-electron chi connectivity index (χ1n) is 5.25. The highest BCUT2D eigenvalue weighted by Crippen LogP contribution is 2.20. The van der Waals surface area contributed by atoms with E-state index in [0.29, 0.717) is 17.9 Å². The quantitative estimate of drug-likeness (QED) is 0.608. The Bertz CT molecular complexity index is 415. The summed E-state index contributed by atoms with van der Waals surface area (Å²) < 4.78 is 5.35. The average Bonchev–Trinajstić information content (AvgIpc) is 2.34. The zero-order valence-electron chi connectivity index (χ0n) is 9.84. The third-order valence-electron chi connectivity index (χ3n) is 2.00. The zero-order valence-corrected chi connectivity index (χ0v) is 9.84. The lowest BCUT2D eigenvalue weighted by atomic mass is 10.1. The van der Waals surface area contributed by atoms with Crippen LogP contribution in [-0.2, 0) is 4.84 Å². The Morgan fingerprint density at radius 3 is 2.88 bits per heavy atom. The van der Waals surface area contributed by atoms with Gasteiger partial charge in [-0.3, -0.25) is 0 Å². The lowest BCUT2D eigenvalue weighted by Crippen LogP contribution is -2.04. The van der Waals surface area contributed by atoms with Gasteiger partial charge in [-0.2, -0.15) is 0 Å². The van der Waals surface area contributed by atoms with Crippen molar-refractivity contribution in [3.05, 3.63) is 29.3 Å². The van der Waals surface area contributed by atoms with Crippen LogP contribution in [0.1, 0.15) is 29.3 Å². The van der Waals surface area contributed by atoms with E-state index in [1.165, 1.54) is 19.4 Å². The lowest BCUT2D eigenvalue weighted by Gasteiger charge is -2.08. The van der Waals surface area contributed by atoms with Gasteiger partial charge in [-0.05, 0) is 30.2 Å². The van der Waals surface area contributed by atoms with Crippen molar-refractivity contribution >= 4 is 12.2 Å². The van der Waals surface area contributed by atoms with Crippen molar-refractivity contribution in [3.8, 4) is 5.75 Å². The molecule has 0 atom stereocenters. The van der Waals surface area contributed by atoms with Crippen LogP contribution in [0.25, 0.3) is 0 Å². The molecule has 0 heterocycles. The van der Waals surface area contributed by atoms with Gasteiger partial charge in [0.15, 0.2) is 0 Å². The maximum atomic E-state index is 11.1. The van der Waals surface area contributed by atoms with Crippen molar-refractivity contribution in [2.45, 2.75) is 13.3 Å². The van der Waals surface area contributed by atoms with Gasteiger partial charge in [-0.25, -0.2) is 4.79 Å². The number of hydrogen-bond acceptors (Lipinski definition) is 4. The molecule has 1 rings (SSSR count). The summed E-state index contributed by atoms with van der Waals surface area (Å²) in [5, 5.41) is 12.6. The van der Waals surface area contributed by atoms with Crippen LogP contribution in [0.15, 0.2) is 23.4 Å². The lowest BCUT2D eigenvalue weighted by molar-refractivity contribution is 0.0692. The molecule has 5 heteroatoms. The van der Waals surface area contributed by atoms with Gasteiger partial charge < -0.3 is 14.7 Å². The molecule has 0 aliphatic rings. The topological polar surface area (TPSA) is 68.1 Å². The fourth-order valence-electron chi connectivity index (χ4n) is 1.25. The minimum absolute atomic E-state index is 0.124. The number of carbonyl (C=O) groups is 1. The molecular formula is C12H15NO4. The third-order valence-corrected chi connectivity index (χ3v) is 2.00. The first kappa shape index (κ1) is 13.0. The maximum absolute atomic E-state index is 11.1. The molecule has 0 unspecified atom stereocenters. The van der Waals surface area contributed by atoms with Crippen molar-refractivity contribution in [2.24, 2.45) is 5.16 Å². The van der Waals surface area contributed by atoms with E-state index in [9.17, 15) is 4.79 Å². The number of nitrogens with zero attached hydrogens (tertiary/aromatic N) is 1. The summed E-state index contributed by atoms with van der Waals surface area (Å²) in [7, 11) is 1.42. The summed E-state index contributed by atoms with van der Waals surface area (Å²) in [5.41, 5.74) is 0.770. The van der Waals surface area contributed by atoms with E-state index in [0.717, 1.165) is 6.42 Å². The summed E-state index contributed by atoms with van der Waals surface area (Å²) in [4.78, 5) is 15.6. The summed E-state index contributed by atoms with van der Waals surface area (Å²) in [6, 6.07) is 4.84. The number of rotatable bonds is 6. The Hall–Kier alpha value is -2.04. The van der Waals surface area contributed by atoms with Gasteiger partial charge in [0, 0.05) is 0 Å². The van der Waals surface area contributed by atoms with Crippen LogP contribution in [0.5, 0.6) is 5.75 Å². The molecule has 0 amide bonds. The van der Waals surface area contributed by atoms with Gasteiger partial charge in [0.1, 0.15) is 18.4 Å². The summed E-state index contributed by atoms with van der Waals surface area (Å²) in [5.74, 6) is -0.655. The minimum atomic E-state index is -1.02. The van der Waals surface area contributed by atoms with Crippen LogP contribution < -0.4 is 4.74 Å². The maximum Gasteiger partial charge on any atom is 0.339 e. The monoisotopic (exact) mass is 237 g/mol. The molecule has 92 valence electrons. The van der Waals surface area contributed by atoms with E-state index in [1.54, 1.807) is 12.1 Å². The highest BCUT2D eigenvalue weighted by molar-refractivity contribution is 5.93. The standard InChI is InChI=1S/C12H15NO4/c1-3-6-17-11-5-4-9(8-13-16-2)7-10(11)12(14)15/h4-5,7-8H,3,6H2,1-2H3,(H,14,15)/b13-8+. The van der Waals surface area contributed by atoms with Crippen molar-refractivity contribution in [1.29, 1.82) is 0 Å². The van der Waals surface area contributed by atoms with Crippen LogP contribution in [0.2, 0.25) is 0 Å². The van der Waals surface area contributed by atoms with Crippen LogP contribution in [-0.4, -0.2) is 31.0 Å². The molecular weight excluding hydrogens is 222 g/mol. The van der Waals surface area contributed by atoms with Gasteiger partial charge in [0.2, 0.25) is 0 Å². The Kier molecular flexibility index (Phi) is 5.00. The number of aromatic carboxylic acids is 1. The Labute approximate surface area is 99.7 Å². The first-order chi connectivity index (χ1) is 8.19. The molecule has 0 aliphatic heterocycles. The molecule has 0 saturated heterocycles. The molecule has 0 aliphatic carbocycles. The number of ether oxygens (including phenoxy) is 1. The van der Waals surface area contributed by atoms with E-state index < -0.39 is 5.97 Å². The van der Waals surface area contributed by atoms with Crippen molar-refractivity contribution in [1.82, 2.24) is 0 Å². The highest BCUT2D eigenvalue weighted by Gasteiger charge is 2.11. The van der Waals surface area contributed by atoms with E-state index in [1.807, 2.05) is 6.92 Å². The van der Waals surface area contributed by atoms with Gasteiger partial charge >= 0.3 is 5.97 Å². The number of hydrogen-bond donors (Lipinski definition) is 1. The second kappa shape index (κ2) is 6.52. The molecule has 0 saturated carbocycles. The van der Waals surface area contributed by atoms with Crippen LogP contribution in [0, 0.1) is 0 Å². The molecule has 1 aromatic carbocycles. The predicted octanol–water partition coefficient (Wildman–Crippen LogP) is 2.15. The smallest absolute Gasteiger partial charge is 0.339 e. The fourth-order valence-corrected chi connectivity index (χ4v) is 1.25. The Morgan fingerprint density at radius 2 is 2.29 bits per heavy atom. The second-order valence-electron chi connectivity index (χ2n) is 3.33. The van der Waals surface area contributed by atoms with Crippen molar-refractivity contribution in [3.63, 3.8) is 0 Å². The van der Waals surface area contributed by atoms with Crippen LogP contribution >= 0.6 is 0 Å². The van der Waals surface area contributed by atoms with Gasteiger partial charge in [0.25, 0.3) is 0 Å². The molecule has 0 aromatic heterocycles. The average molecular weight is 237 g/mol. The molecule has 17 heavy (non-hydrogen) atoms. The predicted molar refractivity (Wildman–Crippen MR) is 63.8 cm³/mol. The minimum Gasteiger partial charge on any atom is -0.493 e. The molecule has 0 fully saturated rings. The normalized spacial score (nSPS) is 10.5. The second-order valence-corrected chi connectivity index (χ2v) is 3.33. The molecule has 1 N–H and O–H groups in total. The fraction of sp³-hybridized carbons (Fsp3) is 0.333. The zero-order chi connectivity index (χ0) is 12.7. The molecule has 5 nitrogen and oxygen atoms in total. The SMILES string of the molecule is CCCOc1ccc(/C=N/OC)cc1C(=O)O. The molecule has 0 spiro atoms. The van der Waals surface area contributed by atoms with E-state index in [-0.39, 0.29) is 5.56 Å². The van der Waals surface area contributed by atoms with Gasteiger partial charge in [-0.1, -0.05) is 12.1 Å². The summed E-state index contributed by atoms with van der Waals surface area (Å²) >= 11 is 0. The van der Waals surface area contributed by atoms with Gasteiger partial charge in [0.05, 0.1) is 12.8 Å². The molecule has 0 radical (unpaired) electrons. The van der Waals surface area contributed by atoms with Crippen molar-refractivity contribution < 1.29 is 19.5 Å².